The summed E-state index contributed by atoms with van der Waals surface area (Å²) in [5.41, 5.74) is 3.26. The molecule has 9 heteroatoms. The number of nitrogens with zero attached hydrogens (tertiary/aromatic N) is 3. The third-order valence-electron chi connectivity index (χ3n) is 4.54. The van der Waals surface area contributed by atoms with E-state index < -0.39 is 0 Å². The van der Waals surface area contributed by atoms with E-state index in [0.717, 1.165) is 16.8 Å². The molecule has 0 bridgehead atoms. The summed E-state index contributed by atoms with van der Waals surface area (Å²) in [5, 5.41) is 15.1. The molecule has 1 aromatic heterocycles. The zero-order chi connectivity index (χ0) is 21.7. The lowest BCUT2D eigenvalue weighted by Crippen LogP contribution is -2.18. The predicted molar refractivity (Wildman–Crippen MR) is 120 cm³/mol. The van der Waals surface area contributed by atoms with Crippen LogP contribution in [-0.2, 0) is 23.1 Å². The number of rotatable bonds is 7. The second kappa shape index (κ2) is 9.77. The molecule has 0 saturated heterocycles. The number of aromatic nitrogens is 3. The Morgan fingerprint density at radius 3 is 2.47 bits per heavy atom. The summed E-state index contributed by atoms with van der Waals surface area (Å²) in [5.74, 6) is 0.334. The maximum Gasteiger partial charge on any atom is 0.234 e. The molecule has 2 N–H and O–H groups in total. The fourth-order valence-electron chi connectivity index (χ4n) is 2.74. The van der Waals surface area contributed by atoms with Crippen LogP contribution in [-0.4, -0.2) is 32.3 Å². The van der Waals surface area contributed by atoms with Gasteiger partial charge in [-0.05, 0) is 43.2 Å². The Labute approximate surface area is 184 Å². The highest BCUT2D eigenvalue weighted by Crippen LogP contribution is 2.24. The summed E-state index contributed by atoms with van der Waals surface area (Å²) in [6.45, 7) is 3.78. The molecule has 2 amide bonds. The fourth-order valence-corrected chi connectivity index (χ4v) is 3.64. The molecule has 3 aromatic rings. The van der Waals surface area contributed by atoms with E-state index in [1.165, 1.54) is 11.8 Å². The Hall–Kier alpha value is -2.84. The van der Waals surface area contributed by atoms with Crippen LogP contribution in [0.2, 0.25) is 5.02 Å². The SMILES string of the molecule is Cc1ccccc1NC(=O)Cc1nnc(SCC(=O)Nc2cccc(Cl)c2C)n1C. The van der Waals surface area contributed by atoms with E-state index in [9.17, 15) is 9.59 Å². The molecule has 0 atom stereocenters. The van der Waals surface area contributed by atoms with E-state index in [0.29, 0.717) is 21.7 Å². The van der Waals surface area contributed by atoms with Gasteiger partial charge in [-0.25, -0.2) is 0 Å². The number of anilines is 2. The predicted octanol–water partition coefficient (Wildman–Crippen LogP) is 4.00. The van der Waals surface area contributed by atoms with E-state index in [2.05, 4.69) is 20.8 Å². The summed E-state index contributed by atoms with van der Waals surface area (Å²) in [6.07, 6.45) is 0.0896. The highest BCUT2D eigenvalue weighted by molar-refractivity contribution is 7.99. The molecule has 0 radical (unpaired) electrons. The Bertz CT molecular complexity index is 1080. The standard InChI is InChI=1S/C21H22ClN5O2S/c1-13-7-4-5-9-16(13)23-19(28)11-18-25-26-21(27(18)3)30-12-20(29)24-17-10-6-8-15(22)14(17)2/h4-10H,11-12H2,1-3H3,(H,23,28)(H,24,29). The number of carbonyl (C=O) groups is 2. The van der Waals surface area contributed by atoms with Crippen molar-refractivity contribution in [3.63, 3.8) is 0 Å². The lowest BCUT2D eigenvalue weighted by Gasteiger charge is -2.09. The molecule has 2 aromatic carbocycles. The van der Waals surface area contributed by atoms with E-state index in [1.807, 2.05) is 38.1 Å². The summed E-state index contributed by atoms with van der Waals surface area (Å²) in [7, 11) is 1.78. The second-order valence-electron chi connectivity index (χ2n) is 6.75. The maximum absolute atomic E-state index is 12.4. The molecular weight excluding hydrogens is 422 g/mol. The van der Waals surface area contributed by atoms with Crippen LogP contribution in [0.25, 0.3) is 0 Å². The van der Waals surface area contributed by atoms with Crippen LogP contribution < -0.4 is 10.6 Å². The van der Waals surface area contributed by atoms with Gasteiger partial charge < -0.3 is 15.2 Å². The number of aryl methyl sites for hydroxylation is 1. The minimum atomic E-state index is -0.175. The van der Waals surface area contributed by atoms with Crippen molar-refractivity contribution in [1.29, 1.82) is 0 Å². The Balaban J connectivity index is 1.56. The minimum absolute atomic E-state index is 0.0896. The van der Waals surface area contributed by atoms with Crippen LogP contribution in [0.1, 0.15) is 17.0 Å². The zero-order valence-corrected chi connectivity index (χ0v) is 18.5. The van der Waals surface area contributed by atoms with E-state index in [4.69, 9.17) is 11.6 Å². The monoisotopic (exact) mass is 443 g/mol. The Morgan fingerprint density at radius 2 is 1.70 bits per heavy atom. The van der Waals surface area contributed by atoms with E-state index >= 15 is 0 Å². The molecule has 0 unspecified atom stereocenters. The van der Waals surface area contributed by atoms with Gasteiger partial charge >= 0.3 is 0 Å². The first-order valence-corrected chi connectivity index (χ1v) is 10.6. The van der Waals surface area contributed by atoms with Gasteiger partial charge in [-0.2, -0.15) is 0 Å². The molecule has 1 heterocycles. The first-order chi connectivity index (χ1) is 14.3. The van der Waals surface area contributed by atoms with Crippen molar-refractivity contribution in [2.75, 3.05) is 16.4 Å². The number of carbonyl (C=O) groups excluding carboxylic acids is 2. The topological polar surface area (TPSA) is 88.9 Å². The van der Waals surface area contributed by atoms with Gasteiger partial charge in [-0.15, -0.1) is 10.2 Å². The molecule has 0 aliphatic heterocycles. The molecular formula is C21H22ClN5O2S. The van der Waals surface area contributed by atoms with Crippen molar-refractivity contribution in [2.45, 2.75) is 25.4 Å². The summed E-state index contributed by atoms with van der Waals surface area (Å²) in [6, 6.07) is 12.9. The highest BCUT2D eigenvalue weighted by atomic mass is 35.5. The van der Waals surface area contributed by atoms with Crippen molar-refractivity contribution < 1.29 is 9.59 Å². The quantitative estimate of drug-likeness (QED) is 0.539. The molecule has 0 fully saturated rings. The fraction of sp³-hybridized carbons (Fsp3) is 0.238. The average Bonchev–Trinajstić information content (AvgIpc) is 3.05. The molecule has 0 spiro atoms. The third-order valence-corrected chi connectivity index (χ3v) is 5.97. The van der Waals surface area contributed by atoms with Gasteiger partial charge in [0.05, 0.1) is 12.2 Å². The lowest BCUT2D eigenvalue weighted by molar-refractivity contribution is -0.116. The van der Waals surface area contributed by atoms with Crippen LogP contribution in [0, 0.1) is 13.8 Å². The summed E-state index contributed by atoms with van der Waals surface area (Å²) in [4.78, 5) is 24.6. The number of amides is 2. The summed E-state index contributed by atoms with van der Waals surface area (Å²) >= 11 is 7.34. The first-order valence-electron chi connectivity index (χ1n) is 9.26. The van der Waals surface area contributed by atoms with Crippen LogP contribution in [0.15, 0.2) is 47.6 Å². The van der Waals surface area contributed by atoms with Gasteiger partial charge in [0.2, 0.25) is 11.8 Å². The van der Waals surface area contributed by atoms with Gasteiger partial charge in [-0.3, -0.25) is 9.59 Å². The zero-order valence-electron chi connectivity index (χ0n) is 16.9. The number of thioether (sulfide) groups is 1. The van der Waals surface area contributed by atoms with E-state index in [1.54, 1.807) is 29.8 Å². The number of hydrogen-bond acceptors (Lipinski definition) is 5. The Morgan fingerprint density at radius 1 is 1.00 bits per heavy atom. The van der Waals surface area contributed by atoms with Crippen molar-refractivity contribution in [3.05, 3.63) is 64.4 Å². The van der Waals surface area contributed by atoms with Crippen LogP contribution >= 0.6 is 23.4 Å². The molecule has 30 heavy (non-hydrogen) atoms. The molecule has 0 aliphatic rings. The summed E-state index contributed by atoms with van der Waals surface area (Å²) < 4.78 is 1.72. The van der Waals surface area contributed by atoms with Crippen LogP contribution in [0.5, 0.6) is 0 Å². The van der Waals surface area contributed by atoms with Crippen molar-refractivity contribution in [1.82, 2.24) is 14.8 Å². The molecule has 0 saturated carbocycles. The van der Waals surface area contributed by atoms with Crippen LogP contribution in [0.3, 0.4) is 0 Å². The molecule has 7 nitrogen and oxygen atoms in total. The van der Waals surface area contributed by atoms with Gasteiger partial charge in [0.15, 0.2) is 5.16 Å². The first kappa shape index (κ1) is 21.9. The average molecular weight is 444 g/mol. The number of nitrogens with one attached hydrogen (secondary N) is 2. The number of halogens is 1. The lowest BCUT2D eigenvalue weighted by atomic mass is 10.2. The van der Waals surface area contributed by atoms with Gasteiger partial charge in [0.25, 0.3) is 0 Å². The number of hydrogen-bond donors (Lipinski definition) is 2. The van der Waals surface area contributed by atoms with Crippen molar-refractivity contribution in [2.24, 2.45) is 7.05 Å². The number of para-hydroxylation sites is 1. The van der Waals surface area contributed by atoms with Gasteiger partial charge in [0.1, 0.15) is 5.82 Å². The van der Waals surface area contributed by atoms with Gasteiger partial charge in [-0.1, -0.05) is 47.6 Å². The normalized spacial score (nSPS) is 10.7. The molecule has 3 rings (SSSR count). The highest BCUT2D eigenvalue weighted by Gasteiger charge is 2.15. The molecule has 156 valence electrons. The minimum Gasteiger partial charge on any atom is -0.325 e. The Kier molecular flexibility index (Phi) is 7.12. The largest absolute Gasteiger partial charge is 0.325 e. The smallest absolute Gasteiger partial charge is 0.234 e. The second-order valence-corrected chi connectivity index (χ2v) is 8.10. The van der Waals surface area contributed by atoms with Crippen LogP contribution in [0.4, 0.5) is 11.4 Å². The van der Waals surface area contributed by atoms with Crippen molar-refractivity contribution in [3.8, 4) is 0 Å². The van der Waals surface area contributed by atoms with E-state index in [-0.39, 0.29) is 24.0 Å². The van der Waals surface area contributed by atoms with Crippen molar-refractivity contribution >= 4 is 46.6 Å². The number of benzene rings is 2. The maximum atomic E-state index is 12.4. The van der Waals surface area contributed by atoms with Gasteiger partial charge in [0, 0.05) is 23.4 Å². The third kappa shape index (κ3) is 5.40. The molecule has 0 aliphatic carbocycles.